The summed E-state index contributed by atoms with van der Waals surface area (Å²) >= 11 is -2.97. The first-order valence-corrected chi connectivity index (χ1v) is 26.4. The number of benzene rings is 4. The van der Waals surface area contributed by atoms with Crippen molar-refractivity contribution in [2.24, 2.45) is 5.92 Å². The molecule has 0 radical (unpaired) electrons. The molecule has 1 aliphatic heterocycles. The molecule has 0 spiro atoms. The predicted octanol–water partition coefficient (Wildman–Crippen LogP) is 6.63. The van der Waals surface area contributed by atoms with Crippen LogP contribution in [0.2, 0.25) is 8.35 Å². The minimum absolute atomic E-state index is 0. The van der Waals surface area contributed by atoms with Crippen molar-refractivity contribution in [3.05, 3.63) is 141 Å². The molecule has 0 N–H and O–H groups in total. The van der Waals surface area contributed by atoms with E-state index in [1.165, 1.54) is 52.9 Å². The molecule has 0 bridgehead atoms. The van der Waals surface area contributed by atoms with Gasteiger partial charge in [-0.2, -0.15) is 0 Å². The Morgan fingerprint density at radius 2 is 1.11 bits per heavy atom. The maximum atomic E-state index is 2.64. The molecule has 1 fully saturated rings. The number of hydrogen-bond acceptors (Lipinski definition) is 0. The van der Waals surface area contributed by atoms with Crippen molar-refractivity contribution in [3.8, 4) is 11.1 Å². The van der Waals surface area contributed by atoms with E-state index >= 15 is 0 Å². The van der Waals surface area contributed by atoms with Crippen LogP contribution in [0, 0.1) is 5.92 Å². The Morgan fingerprint density at radius 1 is 0.596 bits per heavy atom. The summed E-state index contributed by atoms with van der Waals surface area (Å²) in [6, 6.07) is 35.6. The average Bonchev–Trinajstić information content (AvgIpc) is 3.57. The second-order valence-electron chi connectivity index (χ2n) is 16.5. The normalized spacial score (nSPS) is 18.8. The Kier molecular flexibility index (Phi) is 9.93. The molecule has 3 aliphatic rings. The summed E-state index contributed by atoms with van der Waals surface area (Å²) in [5.74, 6) is 0.557. The second-order valence-corrected chi connectivity index (χ2v) is 33.1. The molecule has 2 atom stereocenters. The van der Waals surface area contributed by atoms with Crippen LogP contribution in [0.5, 0.6) is 0 Å². The molecule has 3 heteroatoms. The van der Waals surface area contributed by atoms with Crippen molar-refractivity contribution >= 4 is 11.6 Å². The van der Waals surface area contributed by atoms with Gasteiger partial charge in [-0.3, -0.25) is 0 Å². The predicted molar refractivity (Wildman–Crippen MR) is 192 cm³/mol. The van der Waals surface area contributed by atoms with Gasteiger partial charge in [-0.15, -0.1) is 0 Å². The summed E-state index contributed by atoms with van der Waals surface area (Å²) in [6.45, 7) is 21.2. The second kappa shape index (κ2) is 12.9. The third-order valence-electron chi connectivity index (χ3n) is 11.2. The van der Waals surface area contributed by atoms with E-state index in [2.05, 4.69) is 159 Å². The number of rotatable bonds is 5. The van der Waals surface area contributed by atoms with E-state index in [1.807, 2.05) is 0 Å². The molecule has 47 heavy (non-hydrogen) atoms. The Hall–Kier alpha value is -2.19. The molecule has 0 saturated carbocycles. The first-order valence-electron chi connectivity index (χ1n) is 17.2. The van der Waals surface area contributed by atoms with Gasteiger partial charge in [-0.05, 0) is 0 Å². The minimum atomic E-state index is -2.97. The minimum Gasteiger partial charge on any atom is -1.00 e. The molecule has 1 heterocycles. The largest absolute Gasteiger partial charge is 1.00 e. The SMILES string of the molecule is CC1=C(c2ccc(C(C)(C)C)cc2)c2ccccc2[CH]1[Hf+2]1([CH]2C(C(C)C)=Cc3c(-c4ccc(C(C)(C)C)cc4)cccc32)[CH2][CH2]1.[Cl-].[Cl-]. The summed E-state index contributed by atoms with van der Waals surface area (Å²) in [4.78, 5) is 0. The molecule has 0 amide bonds. The summed E-state index contributed by atoms with van der Waals surface area (Å²) < 4.78 is 4.31. The smallest absolute Gasteiger partial charge is 1.00 e. The average molecular weight is 828 g/mol. The van der Waals surface area contributed by atoms with E-state index in [-0.39, 0.29) is 35.6 Å². The molecule has 244 valence electrons. The van der Waals surface area contributed by atoms with Gasteiger partial charge in [-0.1, -0.05) is 0 Å². The van der Waals surface area contributed by atoms with Crippen molar-refractivity contribution in [2.75, 3.05) is 0 Å². The maximum Gasteiger partial charge on any atom is -1.00 e. The number of halogens is 2. The van der Waals surface area contributed by atoms with Crippen LogP contribution in [0.3, 0.4) is 0 Å². The van der Waals surface area contributed by atoms with Gasteiger partial charge in [0, 0.05) is 0 Å². The topological polar surface area (TPSA) is 0 Å². The third-order valence-corrected chi connectivity index (χ3v) is 30.4. The van der Waals surface area contributed by atoms with Crippen LogP contribution in [-0.2, 0) is 30.8 Å². The van der Waals surface area contributed by atoms with Gasteiger partial charge in [0.1, 0.15) is 0 Å². The van der Waals surface area contributed by atoms with E-state index in [9.17, 15) is 0 Å². The molecule has 1 saturated heterocycles. The molecule has 2 aliphatic carbocycles. The van der Waals surface area contributed by atoms with Crippen LogP contribution in [0.1, 0.15) is 109 Å². The van der Waals surface area contributed by atoms with Crippen LogP contribution in [0.15, 0.2) is 102 Å². The van der Waals surface area contributed by atoms with Gasteiger partial charge in [0.25, 0.3) is 0 Å². The van der Waals surface area contributed by atoms with Crippen LogP contribution in [0.4, 0.5) is 0 Å². The molecule has 7 rings (SSSR count). The molecule has 0 aromatic heterocycles. The quantitative estimate of drug-likeness (QED) is 0.199. The van der Waals surface area contributed by atoms with Crippen molar-refractivity contribution in [3.63, 3.8) is 0 Å². The number of fused-ring (bicyclic) bond motifs is 2. The zero-order chi connectivity index (χ0) is 31.9. The number of hydrogen-bond donors (Lipinski definition) is 0. The van der Waals surface area contributed by atoms with Gasteiger partial charge >= 0.3 is 279 Å². The van der Waals surface area contributed by atoms with E-state index in [4.69, 9.17) is 0 Å². The van der Waals surface area contributed by atoms with Crippen LogP contribution >= 0.6 is 0 Å². The van der Waals surface area contributed by atoms with Crippen molar-refractivity contribution in [2.45, 2.75) is 88.8 Å². The van der Waals surface area contributed by atoms with Gasteiger partial charge in [-0.25, -0.2) is 0 Å². The summed E-state index contributed by atoms with van der Waals surface area (Å²) in [6.07, 6.45) is 2.64. The van der Waals surface area contributed by atoms with Crippen LogP contribution in [0.25, 0.3) is 22.8 Å². The fourth-order valence-electron chi connectivity index (χ4n) is 8.68. The molecular weight excluding hydrogens is 778 g/mol. The number of allylic oxidation sites excluding steroid dienone is 2. The maximum absolute atomic E-state index is 2.97. The molecule has 4 aromatic carbocycles. The Balaban J connectivity index is 0.00000217. The van der Waals surface area contributed by atoms with E-state index in [1.54, 1.807) is 22.3 Å². The first kappa shape index (κ1) is 36.1. The summed E-state index contributed by atoms with van der Waals surface area (Å²) in [5.41, 5.74) is 18.5. The van der Waals surface area contributed by atoms with Crippen molar-refractivity contribution in [1.82, 2.24) is 0 Å². The van der Waals surface area contributed by atoms with Crippen LogP contribution in [-0.4, -0.2) is 0 Å². The van der Waals surface area contributed by atoms with E-state index in [0.717, 1.165) is 0 Å². The summed E-state index contributed by atoms with van der Waals surface area (Å²) in [7, 11) is 0. The Labute approximate surface area is 301 Å². The van der Waals surface area contributed by atoms with Gasteiger partial charge in [0.15, 0.2) is 0 Å². The zero-order valence-electron chi connectivity index (χ0n) is 29.6. The monoisotopic (exact) mass is 828 g/mol. The first-order chi connectivity index (χ1) is 21.3. The Morgan fingerprint density at radius 3 is 1.64 bits per heavy atom. The Bertz CT molecular complexity index is 1840. The fourth-order valence-corrected chi connectivity index (χ4v) is 37.3. The standard InChI is InChI=1S/C22H25.C20H21.C2H4.2ClH.Hf/c1-15(2)18-13-17-7-6-8-20(21(17)14-18)16-9-11-19(12-10-16)22(3,4)5;1-14-13-16-7-5-6-8-18(16)19(14)15-9-11-17(12-10-15)20(2,3)4;1-2;;;/h6-15H,1-5H3;5-13H,1-4H3;1-2H2;2*1H;/q;;;;;+2/p-2. The fraction of sp³-hybridized carbons (Fsp3) is 0.364. The molecular formula is C44H50Cl2Hf. The molecule has 4 aromatic rings. The third kappa shape index (κ3) is 6.13. The zero-order valence-corrected chi connectivity index (χ0v) is 34.7. The van der Waals surface area contributed by atoms with Gasteiger partial charge in [0.05, 0.1) is 0 Å². The van der Waals surface area contributed by atoms with Crippen molar-refractivity contribution < 1.29 is 44.8 Å². The van der Waals surface area contributed by atoms with Crippen LogP contribution < -0.4 is 24.8 Å². The van der Waals surface area contributed by atoms with Crippen molar-refractivity contribution in [1.29, 1.82) is 0 Å². The van der Waals surface area contributed by atoms with Gasteiger partial charge in [0.2, 0.25) is 0 Å². The van der Waals surface area contributed by atoms with E-state index in [0.29, 0.717) is 13.3 Å². The molecule has 0 nitrogen and oxygen atoms in total. The summed E-state index contributed by atoms with van der Waals surface area (Å²) in [5, 5.41) is 0. The van der Waals surface area contributed by atoms with Gasteiger partial charge < -0.3 is 24.8 Å². The molecule has 2 unspecified atom stereocenters. The van der Waals surface area contributed by atoms with E-state index < -0.39 is 20.0 Å².